The maximum Gasteiger partial charge on any atom is 0.271 e. The smallest absolute Gasteiger partial charge is 0.271 e. The number of azide groups is 1. The monoisotopic (exact) mass is 269 g/mol. The fourth-order valence-corrected chi connectivity index (χ4v) is 1.41. The van der Waals surface area contributed by atoms with Gasteiger partial charge in [0.15, 0.2) is 0 Å². The predicted molar refractivity (Wildman–Crippen MR) is 64.5 cm³/mol. The summed E-state index contributed by atoms with van der Waals surface area (Å²) >= 11 is 5.67. The van der Waals surface area contributed by atoms with Crippen LogP contribution in [0.15, 0.2) is 23.3 Å². The number of carbonyl (C=O) groups is 1. The van der Waals surface area contributed by atoms with Crippen molar-refractivity contribution in [3.63, 3.8) is 0 Å². The standard InChI is InChI=1S/C9H8ClN5O3/c10-7-3-6(4-8(5-7)15(17)18)9(16)12-1-2-13-14-11/h3-5H,1-2H2,(H,12,16). The van der Waals surface area contributed by atoms with Gasteiger partial charge in [-0.25, -0.2) is 0 Å². The van der Waals surface area contributed by atoms with Crippen molar-refractivity contribution >= 4 is 23.2 Å². The number of halogens is 1. The molecule has 0 aromatic heterocycles. The first-order valence-electron chi connectivity index (χ1n) is 4.78. The molecule has 0 saturated heterocycles. The van der Waals surface area contributed by atoms with E-state index in [1.165, 1.54) is 6.07 Å². The number of nitro groups is 1. The second-order valence-electron chi connectivity index (χ2n) is 3.17. The topological polar surface area (TPSA) is 121 Å². The molecule has 1 aromatic carbocycles. The molecule has 0 heterocycles. The van der Waals surface area contributed by atoms with Gasteiger partial charge in [-0.1, -0.05) is 16.7 Å². The van der Waals surface area contributed by atoms with Gasteiger partial charge in [-0.2, -0.15) is 0 Å². The SMILES string of the molecule is [N-]=[N+]=NCCNC(=O)c1cc(Cl)cc([N+](=O)[O-])c1. The first-order valence-corrected chi connectivity index (χ1v) is 5.16. The van der Waals surface area contributed by atoms with E-state index in [1.807, 2.05) is 0 Å². The summed E-state index contributed by atoms with van der Waals surface area (Å²) in [7, 11) is 0. The summed E-state index contributed by atoms with van der Waals surface area (Å²) in [6.45, 7) is 0.244. The summed E-state index contributed by atoms with van der Waals surface area (Å²) in [5.41, 5.74) is 7.85. The van der Waals surface area contributed by atoms with Crippen LogP contribution in [0.3, 0.4) is 0 Å². The highest BCUT2D eigenvalue weighted by Crippen LogP contribution is 2.20. The summed E-state index contributed by atoms with van der Waals surface area (Å²) in [5.74, 6) is -0.520. The Kier molecular flexibility index (Phi) is 4.91. The van der Waals surface area contributed by atoms with Crippen LogP contribution in [-0.2, 0) is 0 Å². The zero-order valence-electron chi connectivity index (χ0n) is 9.04. The number of nitrogens with one attached hydrogen (secondary N) is 1. The molecule has 1 aromatic rings. The van der Waals surface area contributed by atoms with Crippen LogP contribution in [-0.4, -0.2) is 23.9 Å². The minimum Gasteiger partial charge on any atom is -0.352 e. The van der Waals surface area contributed by atoms with Gasteiger partial charge in [-0.15, -0.1) is 0 Å². The molecule has 94 valence electrons. The van der Waals surface area contributed by atoms with Crippen molar-refractivity contribution in [3.8, 4) is 0 Å². The zero-order chi connectivity index (χ0) is 13.5. The van der Waals surface area contributed by atoms with Gasteiger partial charge in [0.1, 0.15) is 0 Å². The lowest BCUT2D eigenvalue weighted by Crippen LogP contribution is -2.25. The summed E-state index contributed by atoms with van der Waals surface area (Å²) in [4.78, 5) is 24.1. The Morgan fingerprint density at radius 2 is 2.28 bits per heavy atom. The highest BCUT2D eigenvalue weighted by atomic mass is 35.5. The lowest BCUT2D eigenvalue weighted by molar-refractivity contribution is -0.384. The van der Waals surface area contributed by atoms with Crippen LogP contribution in [0, 0.1) is 10.1 Å². The number of non-ortho nitro benzene ring substituents is 1. The first-order chi connectivity index (χ1) is 8.54. The number of carbonyl (C=O) groups excluding carboxylic acids is 1. The molecule has 0 aliphatic carbocycles. The van der Waals surface area contributed by atoms with Gasteiger partial charge in [0.2, 0.25) is 0 Å². The molecule has 0 spiro atoms. The molecular weight excluding hydrogens is 262 g/mol. The highest BCUT2D eigenvalue weighted by molar-refractivity contribution is 6.31. The summed E-state index contributed by atoms with van der Waals surface area (Å²) < 4.78 is 0. The zero-order valence-corrected chi connectivity index (χ0v) is 9.79. The predicted octanol–water partition coefficient (Wildman–Crippen LogP) is 2.29. The van der Waals surface area contributed by atoms with Crippen LogP contribution < -0.4 is 5.32 Å². The van der Waals surface area contributed by atoms with E-state index in [1.54, 1.807) is 0 Å². The third-order valence-electron chi connectivity index (χ3n) is 1.92. The third kappa shape index (κ3) is 3.93. The fraction of sp³-hybridized carbons (Fsp3) is 0.222. The van der Waals surface area contributed by atoms with Gasteiger partial charge < -0.3 is 5.32 Å². The van der Waals surface area contributed by atoms with Crippen LogP contribution in [0.4, 0.5) is 5.69 Å². The molecule has 0 radical (unpaired) electrons. The molecule has 9 heteroatoms. The molecular formula is C9H8ClN5O3. The Bertz CT molecular complexity index is 527. The van der Waals surface area contributed by atoms with Gasteiger partial charge in [0.05, 0.1) is 4.92 Å². The molecule has 0 saturated carbocycles. The van der Waals surface area contributed by atoms with Crippen LogP contribution >= 0.6 is 11.6 Å². The van der Waals surface area contributed by atoms with Crippen LogP contribution in [0.25, 0.3) is 10.4 Å². The molecule has 0 atom stereocenters. The van der Waals surface area contributed by atoms with Crippen molar-refractivity contribution in [1.29, 1.82) is 0 Å². The van der Waals surface area contributed by atoms with Gasteiger partial charge in [0, 0.05) is 40.7 Å². The molecule has 0 bridgehead atoms. The molecule has 0 aliphatic heterocycles. The Morgan fingerprint density at radius 1 is 1.56 bits per heavy atom. The first kappa shape index (κ1) is 13.8. The highest BCUT2D eigenvalue weighted by Gasteiger charge is 2.13. The molecule has 0 fully saturated rings. The van der Waals surface area contributed by atoms with Crippen molar-refractivity contribution < 1.29 is 9.72 Å². The largest absolute Gasteiger partial charge is 0.352 e. The van der Waals surface area contributed by atoms with E-state index in [2.05, 4.69) is 15.3 Å². The van der Waals surface area contributed by atoms with Gasteiger partial charge in [-0.3, -0.25) is 14.9 Å². The maximum atomic E-state index is 11.6. The third-order valence-corrected chi connectivity index (χ3v) is 2.13. The van der Waals surface area contributed by atoms with Gasteiger partial charge in [0.25, 0.3) is 11.6 Å². The van der Waals surface area contributed by atoms with Crippen LogP contribution in [0.5, 0.6) is 0 Å². The Balaban J connectivity index is 2.79. The molecule has 0 unspecified atom stereocenters. The summed E-state index contributed by atoms with van der Waals surface area (Å²) in [5, 5.41) is 16.4. The fourth-order valence-electron chi connectivity index (χ4n) is 1.18. The van der Waals surface area contributed by atoms with E-state index in [-0.39, 0.29) is 29.4 Å². The van der Waals surface area contributed by atoms with Crippen molar-refractivity contribution in [2.45, 2.75) is 0 Å². The van der Waals surface area contributed by atoms with Gasteiger partial charge >= 0.3 is 0 Å². The van der Waals surface area contributed by atoms with Crippen LogP contribution in [0.2, 0.25) is 5.02 Å². The average molecular weight is 270 g/mol. The van der Waals surface area contributed by atoms with E-state index in [9.17, 15) is 14.9 Å². The number of hydrogen-bond acceptors (Lipinski definition) is 4. The summed E-state index contributed by atoms with van der Waals surface area (Å²) in [6.07, 6.45) is 0. The minimum atomic E-state index is -0.636. The maximum absolute atomic E-state index is 11.6. The lowest BCUT2D eigenvalue weighted by Gasteiger charge is -2.03. The normalized spacial score (nSPS) is 9.39. The second kappa shape index (κ2) is 6.43. The summed E-state index contributed by atoms with van der Waals surface area (Å²) in [6, 6.07) is 3.59. The van der Waals surface area contributed by atoms with E-state index < -0.39 is 10.8 Å². The average Bonchev–Trinajstić information content (AvgIpc) is 2.33. The number of rotatable bonds is 5. The molecule has 1 rings (SSSR count). The molecule has 1 N–H and O–H groups in total. The van der Waals surface area contributed by atoms with Gasteiger partial charge in [-0.05, 0) is 11.6 Å². The van der Waals surface area contributed by atoms with E-state index in [0.717, 1.165) is 12.1 Å². The van der Waals surface area contributed by atoms with Crippen molar-refractivity contribution in [1.82, 2.24) is 5.32 Å². The second-order valence-corrected chi connectivity index (χ2v) is 3.60. The molecule has 18 heavy (non-hydrogen) atoms. The minimum absolute atomic E-state index is 0.0788. The quantitative estimate of drug-likeness (QED) is 0.220. The Labute approximate surface area is 106 Å². The Hall–Kier alpha value is -2.31. The number of nitrogens with zero attached hydrogens (tertiary/aromatic N) is 4. The van der Waals surface area contributed by atoms with E-state index in [4.69, 9.17) is 17.1 Å². The lowest BCUT2D eigenvalue weighted by atomic mass is 10.2. The molecule has 0 aliphatic rings. The molecule has 8 nitrogen and oxygen atoms in total. The van der Waals surface area contributed by atoms with Crippen molar-refractivity contribution in [3.05, 3.63) is 49.3 Å². The Morgan fingerprint density at radius 3 is 2.89 bits per heavy atom. The number of amides is 1. The van der Waals surface area contributed by atoms with E-state index in [0.29, 0.717) is 0 Å². The van der Waals surface area contributed by atoms with E-state index >= 15 is 0 Å². The number of nitro benzene ring substituents is 1. The molecule has 1 amide bonds. The van der Waals surface area contributed by atoms with Crippen LogP contribution in [0.1, 0.15) is 10.4 Å². The number of hydrogen-bond donors (Lipinski definition) is 1. The number of benzene rings is 1. The van der Waals surface area contributed by atoms with Crippen molar-refractivity contribution in [2.24, 2.45) is 5.11 Å². The van der Waals surface area contributed by atoms with Crippen molar-refractivity contribution in [2.75, 3.05) is 13.1 Å².